The molecule has 1 aromatic heterocycles. The predicted octanol–water partition coefficient (Wildman–Crippen LogP) is 4.13. The van der Waals surface area contributed by atoms with E-state index in [4.69, 9.17) is 9.47 Å². The monoisotopic (exact) mass is 401 g/mol. The lowest BCUT2D eigenvalue weighted by atomic mass is 10.2. The van der Waals surface area contributed by atoms with Crippen molar-refractivity contribution in [3.8, 4) is 22.8 Å². The largest absolute Gasteiger partial charge is 0.494 e. The summed E-state index contributed by atoms with van der Waals surface area (Å²) in [7, 11) is 1.33. The number of rotatable bonds is 7. The van der Waals surface area contributed by atoms with Gasteiger partial charge in [0.1, 0.15) is 16.8 Å². The lowest BCUT2D eigenvalue weighted by Gasteiger charge is -2.13. The summed E-state index contributed by atoms with van der Waals surface area (Å²) >= 11 is 1.16. The molecule has 28 heavy (non-hydrogen) atoms. The number of aromatic nitrogens is 3. The summed E-state index contributed by atoms with van der Waals surface area (Å²) in [6.07, 6.45) is 0. The number of esters is 1. The molecule has 0 N–H and O–H groups in total. The van der Waals surface area contributed by atoms with Gasteiger partial charge < -0.3 is 9.47 Å². The Morgan fingerprint density at radius 3 is 2.54 bits per heavy atom. The molecule has 8 heteroatoms. The minimum Gasteiger partial charge on any atom is -0.494 e. The average molecular weight is 401 g/mol. The van der Waals surface area contributed by atoms with Gasteiger partial charge in [0.2, 0.25) is 0 Å². The quantitative estimate of drug-likeness (QED) is 0.438. The van der Waals surface area contributed by atoms with Crippen LogP contribution in [0.3, 0.4) is 0 Å². The molecular formula is C20H20FN3O3S. The Kier molecular flexibility index (Phi) is 6.30. The molecule has 0 aliphatic rings. The Bertz CT molecular complexity index is 960. The highest BCUT2D eigenvalue weighted by atomic mass is 32.2. The molecule has 1 atom stereocenters. The highest BCUT2D eigenvalue weighted by Gasteiger charge is 2.23. The third-order valence-corrected chi connectivity index (χ3v) is 4.99. The maximum absolute atomic E-state index is 14.6. The maximum atomic E-state index is 14.6. The Hall–Kier alpha value is -2.87. The molecule has 3 aromatic rings. The van der Waals surface area contributed by atoms with E-state index in [1.807, 2.05) is 31.2 Å². The first-order valence-electron chi connectivity index (χ1n) is 8.73. The molecule has 6 nitrogen and oxygen atoms in total. The number of ether oxygens (including phenoxy) is 2. The van der Waals surface area contributed by atoms with E-state index in [9.17, 15) is 9.18 Å². The SMILES string of the molecule is CCOc1ccc(-c2nnc(S[C@@H](C)C(=O)OC)n2-c2ccccc2F)cc1. The second-order valence-electron chi connectivity index (χ2n) is 5.83. The zero-order valence-corrected chi connectivity index (χ0v) is 16.6. The van der Waals surface area contributed by atoms with Crippen LogP contribution in [0.1, 0.15) is 13.8 Å². The summed E-state index contributed by atoms with van der Waals surface area (Å²) < 4.78 is 26.4. The van der Waals surface area contributed by atoms with Crippen molar-refractivity contribution >= 4 is 17.7 Å². The van der Waals surface area contributed by atoms with E-state index in [0.29, 0.717) is 23.3 Å². The number of hydrogen-bond acceptors (Lipinski definition) is 6. The fourth-order valence-electron chi connectivity index (χ4n) is 2.62. The van der Waals surface area contributed by atoms with Crippen LogP contribution in [-0.4, -0.2) is 39.7 Å². The lowest BCUT2D eigenvalue weighted by Crippen LogP contribution is -2.15. The van der Waals surface area contributed by atoms with Crippen LogP contribution in [0.25, 0.3) is 17.1 Å². The minimum atomic E-state index is -0.520. The molecule has 0 radical (unpaired) electrons. The molecule has 0 fully saturated rings. The normalized spacial score (nSPS) is 11.9. The van der Waals surface area contributed by atoms with Crippen LogP contribution in [0, 0.1) is 5.82 Å². The number of para-hydroxylation sites is 1. The molecule has 0 aliphatic carbocycles. The zero-order chi connectivity index (χ0) is 20.1. The summed E-state index contributed by atoms with van der Waals surface area (Å²) in [5, 5.41) is 8.32. The van der Waals surface area contributed by atoms with E-state index in [1.165, 1.54) is 13.2 Å². The van der Waals surface area contributed by atoms with Gasteiger partial charge in [-0.1, -0.05) is 23.9 Å². The highest BCUT2D eigenvalue weighted by Crippen LogP contribution is 2.32. The fourth-order valence-corrected chi connectivity index (χ4v) is 3.51. The molecule has 1 heterocycles. The van der Waals surface area contributed by atoms with Crippen LogP contribution in [0.2, 0.25) is 0 Å². The van der Waals surface area contributed by atoms with Crippen LogP contribution < -0.4 is 4.74 Å². The van der Waals surface area contributed by atoms with Gasteiger partial charge in [0.15, 0.2) is 11.0 Å². The molecular weight excluding hydrogens is 381 g/mol. The van der Waals surface area contributed by atoms with E-state index in [1.54, 1.807) is 29.7 Å². The second-order valence-corrected chi connectivity index (χ2v) is 7.14. The van der Waals surface area contributed by atoms with Crippen LogP contribution in [0.4, 0.5) is 4.39 Å². The van der Waals surface area contributed by atoms with E-state index in [0.717, 1.165) is 23.1 Å². The van der Waals surface area contributed by atoms with Gasteiger partial charge in [-0.25, -0.2) is 4.39 Å². The molecule has 0 spiro atoms. The summed E-state index contributed by atoms with van der Waals surface area (Å²) in [5.74, 6) is 0.391. The van der Waals surface area contributed by atoms with Gasteiger partial charge >= 0.3 is 5.97 Å². The number of thioether (sulfide) groups is 1. The molecule has 0 saturated heterocycles. The first-order chi connectivity index (χ1) is 13.5. The number of halogens is 1. The Labute approximate surface area is 166 Å². The Morgan fingerprint density at radius 1 is 1.18 bits per heavy atom. The lowest BCUT2D eigenvalue weighted by molar-refractivity contribution is -0.139. The first kappa shape index (κ1) is 19.9. The van der Waals surface area contributed by atoms with Gasteiger partial charge in [0, 0.05) is 5.56 Å². The third kappa shape index (κ3) is 4.17. The van der Waals surface area contributed by atoms with Crippen molar-refractivity contribution in [2.24, 2.45) is 0 Å². The van der Waals surface area contributed by atoms with E-state index in [2.05, 4.69) is 10.2 Å². The van der Waals surface area contributed by atoms with Gasteiger partial charge in [-0.05, 0) is 50.2 Å². The smallest absolute Gasteiger partial charge is 0.318 e. The highest BCUT2D eigenvalue weighted by molar-refractivity contribution is 8.00. The molecule has 0 bridgehead atoms. The molecule has 3 rings (SSSR count). The van der Waals surface area contributed by atoms with Gasteiger partial charge in [-0.3, -0.25) is 9.36 Å². The van der Waals surface area contributed by atoms with Crippen molar-refractivity contribution in [2.75, 3.05) is 13.7 Å². The Balaban J connectivity index is 2.07. The Morgan fingerprint density at radius 2 is 1.89 bits per heavy atom. The van der Waals surface area contributed by atoms with Gasteiger partial charge in [0.25, 0.3) is 0 Å². The van der Waals surface area contributed by atoms with E-state index >= 15 is 0 Å². The van der Waals surface area contributed by atoms with Crippen molar-refractivity contribution in [1.82, 2.24) is 14.8 Å². The topological polar surface area (TPSA) is 66.2 Å². The molecule has 0 aliphatic heterocycles. The maximum Gasteiger partial charge on any atom is 0.318 e. The number of hydrogen-bond donors (Lipinski definition) is 0. The van der Waals surface area contributed by atoms with Crippen molar-refractivity contribution < 1.29 is 18.7 Å². The standard InChI is InChI=1S/C20H20FN3O3S/c1-4-27-15-11-9-14(10-12-15)18-22-23-20(28-13(2)19(25)26-3)24(18)17-8-6-5-7-16(17)21/h5-13H,4H2,1-3H3/t13-/m0/s1. The number of nitrogens with zero attached hydrogens (tertiary/aromatic N) is 3. The summed E-state index contributed by atoms with van der Waals surface area (Å²) in [6.45, 7) is 4.18. The molecule has 146 valence electrons. The number of carbonyl (C=O) groups is 1. The van der Waals surface area contributed by atoms with Crippen molar-refractivity contribution in [2.45, 2.75) is 24.3 Å². The molecule has 0 unspecified atom stereocenters. The van der Waals surface area contributed by atoms with Crippen molar-refractivity contribution in [1.29, 1.82) is 0 Å². The fraction of sp³-hybridized carbons (Fsp3) is 0.250. The van der Waals surface area contributed by atoms with Crippen molar-refractivity contribution in [3.63, 3.8) is 0 Å². The van der Waals surface area contributed by atoms with Crippen molar-refractivity contribution in [3.05, 3.63) is 54.3 Å². The van der Waals surface area contributed by atoms with E-state index in [-0.39, 0.29) is 0 Å². The molecule has 0 amide bonds. The average Bonchev–Trinajstić information content (AvgIpc) is 3.11. The number of carbonyl (C=O) groups excluding carboxylic acids is 1. The third-order valence-electron chi connectivity index (χ3n) is 3.97. The second kappa shape index (κ2) is 8.88. The van der Waals surface area contributed by atoms with E-state index < -0.39 is 17.0 Å². The summed E-state index contributed by atoms with van der Waals surface area (Å²) in [4.78, 5) is 11.8. The summed E-state index contributed by atoms with van der Waals surface area (Å²) in [5.41, 5.74) is 1.05. The summed E-state index contributed by atoms with van der Waals surface area (Å²) in [6, 6.07) is 13.7. The van der Waals surface area contributed by atoms with Crippen LogP contribution in [0.5, 0.6) is 5.75 Å². The predicted molar refractivity (Wildman–Crippen MR) is 105 cm³/mol. The molecule has 0 saturated carbocycles. The minimum absolute atomic E-state index is 0.302. The van der Waals surface area contributed by atoms with Gasteiger partial charge in [0.05, 0.1) is 19.4 Å². The zero-order valence-electron chi connectivity index (χ0n) is 15.8. The van der Waals surface area contributed by atoms with Crippen LogP contribution >= 0.6 is 11.8 Å². The van der Waals surface area contributed by atoms with Crippen LogP contribution in [-0.2, 0) is 9.53 Å². The number of methoxy groups -OCH3 is 1. The van der Waals surface area contributed by atoms with Crippen LogP contribution in [0.15, 0.2) is 53.7 Å². The van der Waals surface area contributed by atoms with Gasteiger partial charge in [-0.15, -0.1) is 10.2 Å². The first-order valence-corrected chi connectivity index (χ1v) is 9.61. The molecule has 2 aromatic carbocycles. The van der Waals surface area contributed by atoms with Gasteiger partial charge in [-0.2, -0.15) is 0 Å². The number of benzene rings is 2.